The lowest BCUT2D eigenvalue weighted by molar-refractivity contribution is -0.140. The minimum Gasteiger partial charge on any atom is -0.352 e. The Hall–Kier alpha value is -4.14. The van der Waals surface area contributed by atoms with Crippen molar-refractivity contribution in [2.45, 2.75) is 64.1 Å². The quantitative estimate of drug-likeness (QED) is 0.175. The number of hydrogen-bond acceptors (Lipinski definition) is 4. The highest BCUT2D eigenvalue weighted by molar-refractivity contribution is 7.92. The molecule has 4 aromatic carbocycles. The number of benzene rings is 4. The maximum absolute atomic E-state index is 14.5. The molecule has 0 saturated heterocycles. The number of nitrogens with zero attached hydrogens (tertiary/aromatic N) is 2. The van der Waals surface area contributed by atoms with Crippen LogP contribution in [-0.2, 0) is 32.6 Å². The third-order valence-corrected chi connectivity index (χ3v) is 9.75. The summed E-state index contributed by atoms with van der Waals surface area (Å²) >= 11 is 6.31. The summed E-state index contributed by atoms with van der Waals surface area (Å²) in [6, 6.07) is 29.0. The first kappa shape index (κ1) is 33.7. The van der Waals surface area contributed by atoms with Gasteiger partial charge in [0.1, 0.15) is 12.6 Å². The van der Waals surface area contributed by atoms with E-state index in [2.05, 4.69) is 5.32 Å². The first-order chi connectivity index (χ1) is 21.5. The molecule has 0 unspecified atom stereocenters. The van der Waals surface area contributed by atoms with Gasteiger partial charge in [-0.2, -0.15) is 0 Å². The van der Waals surface area contributed by atoms with Gasteiger partial charge in [0.15, 0.2) is 0 Å². The molecule has 45 heavy (non-hydrogen) atoms. The summed E-state index contributed by atoms with van der Waals surface area (Å²) in [6.07, 6.45) is 0.951. The molecule has 2 atom stereocenters. The largest absolute Gasteiger partial charge is 0.352 e. The molecule has 7 nitrogen and oxygen atoms in total. The molecule has 0 bridgehead atoms. The van der Waals surface area contributed by atoms with Crippen LogP contribution >= 0.6 is 11.6 Å². The molecule has 0 saturated carbocycles. The van der Waals surface area contributed by atoms with Crippen LogP contribution in [0.5, 0.6) is 0 Å². The van der Waals surface area contributed by atoms with Crippen molar-refractivity contribution < 1.29 is 18.0 Å². The predicted octanol–water partition coefficient (Wildman–Crippen LogP) is 6.71. The summed E-state index contributed by atoms with van der Waals surface area (Å²) in [5.74, 6) is -0.835. The van der Waals surface area contributed by atoms with Gasteiger partial charge < -0.3 is 10.2 Å². The Morgan fingerprint density at radius 1 is 0.822 bits per heavy atom. The monoisotopic (exact) mass is 645 g/mol. The smallest absolute Gasteiger partial charge is 0.264 e. The van der Waals surface area contributed by atoms with Gasteiger partial charge in [0, 0.05) is 24.0 Å². The van der Waals surface area contributed by atoms with Gasteiger partial charge in [-0.1, -0.05) is 96.4 Å². The second-order valence-electron chi connectivity index (χ2n) is 11.3. The highest BCUT2D eigenvalue weighted by Crippen LogP contribution is 2.26. The molecule has 236 valence electrons. The van der Waals surface area contributed by atoms with E-state index in [1.165, 1.54) is 17.0 Å². The zero-order valence-electron chi connectivity index (χ0n) is 26.1. The Morgan fingerprint density at radius 3 is 2.02 bits per heavy atom. The zero-order chi connectivity index (χ0) is 32.6. The maximum atomic E-state index is 14.5. The standard InChI is InChI=1S/C36H40ClN3O4S/c1-5-28(4)38-36(42)34(23-29-10-7-6-8-11-29)39(24-30-12-9-13-31(37)22-30)35(41)25-40(32-18-14-26(2)15-19-32)45(43,44)33-20-16-27(3)17-21-33/h6-22,28,34H,5,23-25H2,1-4H3,(H,38,42)/t28-,34+/m0/s1. The van der Waals surface area contributed by atoms with Crippen molar-refractivity contribution in [3.63, 3.8) is 0 Å². The van der Waals surface area contributed by atoms with Crippen molar-refractivity contribution in [1.82, 2.24) is 10.2 Å². The first-order valence-electron chi connectivity index (χ1n) is 15.0. The van der Waals surface area contributed by atoms with Gasteiger partial charge in [-0.15, -0.1) is 0 Å². The Kier molecular flexibility index (Phi) is 11.4. The van der Waals surface area contributed by atoms with Crippen molar-refractivity contribution in [2.24, 2.45) is 0 Å². The number of carbonyl (C=O) groups is 2. The third-order valence-electron chi connectivity index (χ3n) is 7.72. The molecule has 4 rings (SSSR count). The molecule has 4 aromatic rings. The zero-order valence-corrected chi connectivity index (χ0v) is 27.7. The second kappa shape index (κ2) is 15.2. The summed E-state index contributed by atoms with van der Waals surface area (Å²) in [5.41, 5.74) is 3.79. The van der Waals surface area contributed by atoms with Gasteiger partial charge in [-0.3, -0.25) is 13.9 Å². The number of halogens is 1. The van der Waals surface area contributed by atoms with Crippen LogP contribution in [0.15, 0.2) is 108 Å². The lowest BCUT2D eigenvalue weighted by atomic mass is 10.0. The highest BCUT2D eigenvalue weighted by Gasteiger charge is 2.35. The topological polar surface area (TPSA) is 86.8 Å². The van der Waals surface area contributed by atoms with Crippen LogP contribution in [0.4, 0.5) is 5.69 Å². The van der Waals surface area contributed by atoms with Crippen molar-refractivity contribution in [3.05, 3.63) is 130 Å². The summed E-state index contributed by atoms with van der Waals surface area (Å²) in [7, 11) is -4.16. The van der Waals surface area contributed by atoms with Gasteiger partial charge in [0.2, 0.25) is 11.8 Å². The Labute approximate surface area is 271 Å². The number of sulfonamides is 1. The molecule has 0 aliphatic rings. The fourth-order valence-corrected chi connectivity index (χ4v) is 6.53. The SMILES string of the molecule is CC[C@H](C)NC(=O)[C@@H](Cc1ccccc1)N(Cc1cccc(Cl)c1)C(=O)CN(c1ccc(C)cc1)S(=O)(=O)c1ccc(C)cc1. The van der Waals surface area contributed by atoms with Crippen molar-refractivity contribution in [2.75, 3.05) is 10.8 Å². The van der Waals surface area contributed by atoms with Crippen LogP contribution < -0.4 is 9.62 Å². The minimum atomic E-state index is -4.16. The highest BCUT2D eigenvalue weighted by atomic mass is 35.5. The molecule has 1 N–H and O–H groups in total. The van der Waals surface area contributed by atoms with E-state index >= 15 is 0 Å². The average molecular weight is 646 g/mol. The van der Waals surface area contributed by atoms with Crippen molar-refractivity contribution in [1.29, 1.82) is 0 Å². The van der Waals surface area contributed by atoms with E-state index in [0.717, 1.165) is 21.0 Å². The average Bonchev–Trinajstić information content (AvgIpc) is 3.02. The van der Waals surface area contributed by atoms with Gasteiger partial charge in [0.25, 0.3) is 10.0 Å². The van der Waals surface area contributed by atoms with E-state index in [1.807, 2.05) is 64.1 Å². The van der Waals surface area contributed by atoms with Crippen molar-refractivity contribution in [3.8, 4) is 0 Å². The van der Waals surface area contributed by atoms with E-state index in [0.29, 0.717) is 22.7 Å². The molecule has 0 aliphatic carbocycles. The second-order valence-corrected chi connectivity index (χ2v) is 13.6. The Balaban J connectivity index is 1.80. The van der Waals surface area contributed by atoms with Gasteiger partial charge in [-0.25, -0.2) is 8.42 Å². The van der Waals surface area contributed by atoms with Crippen molar-refractivity contribution >= 4 is 39.1 Å². The van der Waals surface area contributed by atoms with Crippen LogP contribution in [-0.4, -0.2) is 43.8 Å². The third kappa shape index (κ3) is 8.96. The summed E-state index contributed by atoms with van der Waals surface area (Å²) in [5, 5.41) is 3.54. The number of hydrogen-bond donors (Lipinski definition) is 1. The predicted molar refractivity (Wildman–Crippen MR) is 181 cm³/mol. The molecule has 0 heterocycles. The summed E-state index contributed by atoms with van der Waals surface area (Å²) in [6.45, 7) is 7.21. The molecule has 0 radical (unpaired) electrons. The summed E-state index contributed by atoms with van der Waals surface area (Å²) < 4.78 is 29.4. The molecule has 0 aromatic heterocycles. The molecule has 9 heteroatoms. The van der Waals surface area contributed by atoms with Crippen LogP contribution in [0, 0.1) is 13.8 Å². The van der Waals surface area contributed by atoms with E-state index in [4.69, 9.17) is 11.6 Å². The van der Waals surface area contributed by atoms with E-state index in [-0.39, 0.29) is 29.8 Å². The molecular formula is C36H40ClN3O4S. The molecular weight excluding hydrogens is 606 g/mol. The van der Waals surface area contributed by atoms with Gasteiger partial charge in [-0.05, 0) is 74.7 Å². The number of nitrogens with one attached hydrogen (secondary N) is 1. The Bertz CT molecular complexity index is 1690. The lowest BCUT2D eigenvalue weighted by Gasteiger charge is -2.34. The molecule has 0 aliphatic heterocycles. The van der Waals surface area contributed by atoms with Crippen LogP contribution in [0.1, 0.15) is 42.5 Å². The summed E-state index contributed by atoms with van der Waals surface area (Å²) in [4.78, 5) is 30.0. The molecule has 0 spiro atoms. The lowest BCUT2D eigenvalue weighted by Crippen LogP contribution is -2.54. The van der Waals surface area contributed by atoms with Gasteiger partial charge in [0.05, 0.1) is 10.6 Å². The van der Waals surface area contributed by atoms with Crippen LogP contribution in [0.3, 0.4) is 0 Å². The number of aryl methyl sites for hydroxylation is 2. The van der Waals surface area contributed by atoms with Crippen LogP contribution in [0.2, 0.25) is 5.02 Å². The van der Waals surface area contributed by atoms with Gasteiger partial charge >= 0.3 is 0 Å². The fourth-order valence-electron chi connectivity index (χ4n) is 4.90. The Morgan fingerprint density at radius 2 is 1.42 bits per heavy atom. The first-order valence-corrected chi connectivity index (χ1v) is 16.8. The molecule has 2 amide bonds. The number of amides is 2. The maximum Gasteiger partial charge on any atom is 0.264 e. The fraction of sp³-hybridized carbons (Fsp3) is 0.278. The molecule has 0 fully saturated rings. The number of rotatable bonds is 13. The van der Waals surface area contributed by atoms with Crippen LogP contribution in [0.25, 0.3) is 0 Å². The van der Waals surface area contributed by atoms with E-state index in [9.17, 15) is 18.0 Å². The number of carbonyl (C=O) groups excluding carboxylic acids is 2. The minimum absolute atomic E-state index is 0.0527. The normalized spacial score (nSPS) is 12.6. The van der Waals surface area contributed by atoms with E-state index < -0.39 is 28.5 Å². The number of anilines is 1. The van der Waals surface area contributed by atoms with E-state index in [1.54, 1.807) is 54.6 Å².